The maximum absolute atomic E-state index is 4.95. The van der Waals surface area contributed by atoms with Crippen molar-refractivity contribution in [3.63, 3.8) is 0 Å². The third kappa shape index (κ3) is 2.83. The van der Waals surface area contributed by atoms with Crippen LogP contribution in [-0.4, -0.2) is 36.6 Å². The lowest BCUT2D eigenvalue weighted by atomic mass is 10.2. The highest BCUT2D eigenvalue weighted by molar-refractivity contribution is 7.99. The van der Waals surface area contributed by atoms with Crippen molar-refractivity contribution >= 4 is 28.2 Å². The third-order valence-corrected chi connectivity index (χ3v) is 5.69. The van der Waals surface area contributed by atoms with Gasteiger partial charge in [-0.3, -0.25) is 0 Å². The number of anilines is 1. The van der Waals surface area contributed by atoms with Crippen molar-refractivity contribution in [1.82, 2.24) is 10.3 Å². The van der Waals surface area contributed by atoms with Gasteiger partial charge in [0.05, 0.1) is 5.69 Å². The van der Waals surface area contributed by atoms with E-state index < -0.39 is 0 Å². The summed E-state index contributed by atoms with van der Waals surface area (Å²) in [5.41, 5.74) is 1.39. The Hall–Kier alpha value is -0.260. The first kappa shape index (κ1) is 12.8. The van der Waals surface area contributed by atoms with Gasteiger partial charge >= 0.3 is 0 Å². The molecule has 3 rings (SSSR count). The van der Waals surface area contributed by atoms with Gasteiger partial charge < -0.3 is 10.2 Å². The van der Waals surface area contributed by atoms with Gasteiger partial charge in [-0.2, -0.15) is 11.8 Å². The van der Waals surface area contributed by atoms with Crippen molar-refractivity contribution in [3.05, 3.63) is 10.6 Å². The number of nitrogens with one attached hydrogen (secondary N) is 1. The maximum atomic E-state index is 4.95. The standard InChI is InChI=1S/C13H21N3S2/c1-14-9-11-12(10-3-4-10)15-13(18-11)16-5-2-7-17-8-6-16/h10,14H,2-9H2,1H3. The van der Waals surface area contributed by atoms with Crippen LogP contribution in [0.5, 0.6) is 0 Å². The number of nitrogens with zero attached hydrogens (tertiary/aromatic N) is 2. The largest absolute Gasteiger partial charge is 0.347 e. The minimum atomic E-state index is 0.764. The summed E-state index contributed by atoms with van der Waals surface area (Å²) in [6.45, 7) is 3.33. The minimum Gasteiger partial charge on any atom is -0.347 e. The fraction of sp³-hybridized carbons (Fsp3) is 0.769. The summed E-state index contributed by atoms with van der Waals surface area (Å²) in [6.07, 6.45) is 3.98. The summed E-state index contributed by atoms with van der Waals surface area (Å²) in [7, 11) is 2.03. The van der Waals surface area contributed by atoms with E-state index in [1.165, 1.54) is 59.6 Å². The average Bonchev–Trinajstić information content (AvgIpc) is 3.17. The zero-order valence-corrected chi connectivity index (χ0v) is 12.6. The molecule has 0 atom stereocenters. The van der Waals surface area contributed by atoms with E-state index in [9.17, 15) is 0 Å². The molecule has 1 aliphatic heterocycles. The molecule has 1 N–H and O–H groups in total. The minimum absolute atomic E-state index is 0.764. The second kappa shape index (κ2) is 5.80. The summed E-state index contributed by atoms with van der Waals surface area (Å²) in [4.78, 5) is 8.91. The van der Waals surface area contributed by atoms with Gasteiger partial charge in [-0.15, -0.1) is 11.3 Å². The topological polar surface area (TPSA) is 28.2 Å². The molecule has 0 radical (unpaired) electrons. The van der Waals surface area contributed by atoms with Gasteiger partial charge in [0.15, 0.2) is 5.13 Å². The highest BCUT2D eigenvalue weighted by atomic mass is 32.2. The lowest BCUT2D eigenvalue weighted by molar-refractivity contribution is 0.799. The molecule has 2 aliphatic rings. The van der Waals surface area contributed by atoms with Crippen LogP contribution in [0.25, 0.3) is 0 Å². The van der Waals surface area contributed by atoms with Gasteiger partial charge in [0.25, 0.3) is 0 Å². The number of thioether (sulfide) groups is 1. The Labute approximate surface area is 117 Å². The Kier molecular flexibility index (Phi) is 4.11. The van der Waals surface area contributed by atoms with Crippen molar-refractivity contribution in [1.29, 1.82) is 0 Å². The molecule has 3 nitrogen and oxygen atoms in total. The average molecular weight is 283 g/mol. The van der Waals surface area contributed by atoms with Gasteiger partial charge in [0, 0.05) is 36.2 Å². The molecule has 0 amide bonds. The molecule has 0 spiro atoms. The molecule has 1 saturated carbocycles. The number of thiazole rings is 1. The second-order valence-electron chi connectivity index (χ2n) is 5.06. The van der Waals surface area contributed by atoms with Crippen LogP contribution in [0.15, 0.2) is 0 Å². The fourth-order valence-corrected chi connectivity index (χ4v) is 4.48. The first-order valence-corrected chi connectivity index (χ1v) is 8.82. The molecule has 2 heterocycles. The molecular formula is C13H21N3S2. The summed E-state index contributed by atoms with van der Waals surface area (Å²) in [5, 5.41) is 4.55. The van der Waals surface area contributed by atoms with Gasteiger partial charge in [0.1, 0.15) is 0 Å². The molecule has 100 valence electrons. The van der Waals surface area contributed by atoms with Crippen LogP contribution in [0, 0.1) is 0 Å². The van der Waals surface area contributed by atoms with E-state index in [1.54, 1.807) is 0 Å². The van der Waals surface area contributed by atoms with Crippen molar-refractivity contribution in [2.45, 2.75) is 31.7 Å². The molecule has 0 bridgehead atoms. The number of aromatic nitrogens is 1. The number of hydrogen-bond donors (Lipinski definition) is 1. The lowest BCUT2D eigenvalue weighted by Crippen LogP contribution is -2.25. The SMILES string of the molecule is CNCc1sc(N2CCCSCC2)nc1C1CC1. The molecule has 1 saturated heterocycles. The molecule has 18 heavy (non-hydrogen) atoms. The van der Waals surface area contributed by atoms with Crippen molar-refractivity contribution in [2.24, 2.45) is 0 Å². The summed E-state index contributed by atoms with van der Waals surface area (Å²) in [5.74, 6) is 3.32. The second-order valence-corrected chi connectivity index (χ2v) is 7.35. The van der Waals surface area contributed by atoms with E-state index in [4.69, 9.17) is 4.98 Å². The highest BCUT2D eigenvalue weighted by Gasteiger charge is 2.30. The summed E-state index contributed by atoms with van der Waals surface area (Å²) >= 11 is 3.99. The van der Waals surface area contributed by atoms with Crippen LogP contribution in [0.1, 0.15) is 35.8 Å². The quantitative estimate of drug-likeness (QED) is 0.919. The Morgan fingerprint density at radius 2 is 2.22 bits per heavy atom. The van der Waals surface area contributed by atoms with E-state index in [1.807, 2.05) is 18.4 Å². The molecule has 1 aliphatic carbocycles. The van der Waals surface area contributed by atoms with Gasteiger partial charge in [-0.1, -0.05) is 0 Å². The first-order valence-electron chi connectivity index (χ1n) is 6.85. The van der Waals surface area contributed by atoms with Gasteiger partial charge in [-0.25, -0.2) is 4.98 Å². The predicted octanol–water partition coefficient (Wildman–Crippen LogP) is 2.68. The summed E-state index contributed by atoms with van der Waals surface area (Å²) < 4.78 is 0. The molecule has 0 unspecified atom stereocenters. The van der Waals surface area contributed by atoms with Crippen molar-refractivity contribution in [3.8, 4) is 0 Å². The number of hydrogen-bond acceptors (Lipinski definition) is 5. The zero-order chi connectivity index (χ0) is 12.4. The molecule has 1 aromatic rings. The van der Waals surface area contributed by atoms with Crippen LogP contribution < -0.4 is 10.2 Å². The van der Waals surface area contributed by atoms with Crippen LogP contribution in [0.4, 0.5) is 5.13 Å². The molecule has 0 aromatic carbocycles. The van der Waals surface area contributed by atoms with Gasteiger partial charge in [-0.05, 0) is 32.1 Å². The third-order valence-electron chi connectivity index (χ3n) is 3.51. The monoisotopic (exact) mass is 283 g/mol. The lowest BCUT2D eigenvalue weighted by Gasteiger charge is -2.18. The van der Waals surface area contributed by atoms with Crippen LogP contribution in [-0.2, 0) is 6.54 Å². The molecule has 5 heteroatoms. The van der Waals surface area contributed by atoms with E-state index in [0.29, 0.717) is 0 Å². The molecule has 2 fully saturated rings. The molecule has 1 aromatic heterocycles. The predicted molar refractivity (Wildman–Crippen MR) is 81.0 cm³/mol. The fourth-order valence-electron chi connectivity index (χ4n) is 2.39. The van der Waals surface area contributed by atoms with Crippen LogP contribution in [0.3, 0.4) is 0 Å². The van der Waals surface area contributed by atoms with Crippen molar-refractivity contribution < 1.29 is 0 Å². The Balaban J connectivity index is 1.79. The molecular weight excluding hydrogens is 262 g/mol. The Bertz CT molecular complexity index is 393. The van der Waals surface area contributed by atoms with E-state index >= 15 is 0 Å². The van der Waals surface area contributed by atoms with E-state index in [-0.39, 0.29) is 0 Å². The normalized spacial score (nSPS) is 21.1. The summed E-state index contributed by atoms with van der Waals surface area (Å²) in [6, 6.07) is 0. The highest BCUT2D eigenvalue weighted by Crippen LogP contribution is 2.44. The van der Waals surface area contributed by atoms with E-state index in [2.05, 4.69) is 22.0 Å². The smallest absolute Gasteiger partial charge is 0.185 e. The van der Waals surface area contributed by atoms with Crippen LogP contribution >= 0.6 is 23.1 Å². The zero-order valence-electron chi connectivity index (χ0n) is 10.9. The number of rotatable bonds is 4. The maximum Gasteiger partial charge on any atom is 0.185 e. The Morgan fingerprint density at radius 1 is 1.33 bits per heavy atom. The first-order chi connectivity index (χ1) is 8.88. The Morgan fingerprint density at radius 3 is 3.00 bits per heavy atom. The van der Waals surface area contributed by atoms with Crippen molar-refractivity contribution in [2.75, 3.05) is 36.5 Å². The van der Waals surface area contributed by atoms with E-state index in [0.717, 1.165) is 12.5 Å². The van der Waals surface area contributed by atoms with Gasteiger partial charge in [0.2, 0.25) is 0 Å². The van der Waals surface area contributed by atoms with Crippen LogP contribution in [0.2, 0.25) is 0 Å².